The lowest BCUT2D eigenvalue weighted by Gasteiger charge is -2.43. The molecule has 2 atom stereocenters. The number of likely N-dealkylation sites (tertiary alicyclic amines) is 1. The summed E-state index contributed by atoms with van der Waals surface area (Å²) in [5.41, 5.74) is 0.730. The zero-order valence-corrected chi connectivity index (χ0v) is 12.0. The summed E-state index contributed by atoms with van der Waals surface area (Å²) >= 11 is 0. The molecule has 1 spiro atoms. The van der Waals surface area contributed by atoms with Crippen molar-refractivity contribution in [2.24, 2.45) is 5.41 Å². The molecule has 1 saturated carbocycles. The Balaban J connectivity index is 1.77. The van der Waals surface area contributed by atoms with Crippen LogP contribution in [0.2, 0.25) is 0 Å². The molecule has 108 valence electrons. The van der Waals surface area contributed by atoms with Crippen molar-refractivity contribution in [3.05, 3.63) is 30.1 Å². The van der Waals surface area contributed by atoms with Gasteiger partial charge in [-0.25, -0.2) is 0 Å². The molecular formula is C16H22N2O2. The van der Waals surface area contributed by atoms with Gasteiger partial charge in [-0.2, -0.15) is 0 Å². The van der Waals surface area contributed by atoms with E-state index < -0.39 is 0 Å². The lowest BCUT2D eigenvalue weighted by Crippen LogP contribution is -2.49. The largest absolute Gasteiger partial charge is 0.381 e. The number of aromatic nitrogens is 1. The molecule has 4 heteroatoms. The lowest BCUT2D eigenvalue weighted by atomic mass is 9.76. The van der Waals surface area contributed by atoms with E-state index in [1.165, 1.54) is 19.3 Å². The van der Waals surface area contributed by atoms with E-state index in [1.807, 2.05) is 17.0 Å². The molecule has 2 aliphatic rings. The highest BCUT2D eigenvalue weighted by molar-refractivity contribution is 5.92. The van der Waals surface area contributed by atoms with Crippen LogP contribution < -0.4 is 0 Å². The monoisotopic (exact) mass is 274 g/mol. The third-order valence-electron chi connectivity index (χ3n) is 4.89. The van der Waals surface area contributed by atoms with Crippen molar-refractivity contribution in [2.75, 3.05) is 20.2 Å². The van der Waals surface area contributed by atoms with Crippen molar-refractivity contribution in [3.8, 4) is 0 Å². The van der Waals surface area contributed by atoms with Gasteiger partial charge in [0.2, 0.25) is 0 Å². The summed E-state index contributed by atoms with van der Waals surface area (Å²) in [6.45, 7) is 1.66. The van der Waals surface area contributed by atoms with Gasteiger partial charge in [0.25, 0.3) is 5.91 Å². The Kier molecular flexibility index (Phi) is 3.74. The standard InChI is InChI=1S/C16H22N2O2/c1-20-14-7-4-8-16(14)9-5-11-18(12-16)15(19)13-6-2-3-10-17-13/h2-3,6,10,14H,4-5,7-9,11-12H2,1H3/t14-,16+/m1/s1. The fraction of sp³-hybridized carbons (Fsp3) is 0.625. The van der Waals surface area contributed by atoms with E-state index >= 15 is 0 Å². The van der Waals surface area contributed by atoms with E-state index in [4.69, 9.17) is 4.74 Å². The average Bonchev–Trinajstić information content (AvgIpc) is 2.89. The second kappa shape index (κ2) is 5.52. The first-order valence-electron chi connectivity index (χ1n) is 7.48. The molecule has 2 heterocycles. The molecular weight excluding hydrogens is 252 g/mol. The molecule has 0 unspecified atom stereocenters. The van der Waals surface area contributed by atoms with Crippen molar-refractivity contribution in [1.82, 2.24) is 9.88 Å². The number of carbonyl (C=O) groups is 1. The Labute approximate surface area is 120 Å². The molecule has 0 bridgehead atoms. The molecule has 1 aliphatic heterocycles. The van der Waals surface area contributed by atoms with Gasteiger partial charge in [0.15, 0.2) is 0 Å². The average molecular weight is 274 g/mol. The molecule has 20 heavy (non-hydrogen) atoms. The number of nitrogens with zero attached hydrogens (tertiary/aromatic N) is 2. The summed E-state index contributed by atoms with van der Waals surface area (Å²) in [7, 11) is 1.80. The predicted octanol–water partition coefficient (Wildman–Crippen LogP) is 2.50. The molecule has 1 aromatic heterocycles. The van der Waals surface area contributed by atoms with Gasteiger partial charge < -0.3 is 9.64 Å². The minimum absolute atomic E-state index is 0.0615. The molecule has 1 aliphatic carbocycles. The smallest absolute Gasteiger partial charge is 0.272 e. The Hall–Kier alpha value is -1.42. The minimum Gasteiger partial charge on any atom is -0.381 e. The Bertz CT molecular complexity index is 477. The number of rotatable bonds is 2. The highest BCUT2D eigenvalue weighted by atomic mass is 16.5. The van der Waals surface area contributed by atoms with Gasteiger partial charge in [-0.05, 0) is 37.8 Å². The predicted molar refractivity (Wildman–Crippen MR) is 76.5 cm³/mol. The van der Waals surface area contributed by atoms with Gasteiger partial charge in [-0.15, -0.1) is 0 Å². The maximum atomic E-state index is 12.6. The van der Waals surface area contributed by atoms with E-state index in [2.05, 4.69) is 4.98 Å². The van der Waals surface area contributed by atoms with Crippen LogP contribution in [0.3, 0.4) is 0 Å². The second-order valence-electron chi connectivity index (χ2n) is 6.02. The van der Waals surface area contributed by atoms with Crippen LogP contribution in [-0.4, -0.2) is 42.1 Å². The van der Waals surface area contributed by atoms with E-state index in [-0.39, 0.29) is 11.3 Å². The molecule has 0 aromatic carbocycles. The SMILES string of the molecule is CO[C@@H]1CCC[C@@]12CCCN(C(=O)c1ccccn1)C2. The number of carbonyl (C=O) groups excluding carboxylic acids is 1. The van der Waals surface area contributed by atoms with Gasteiger partial charge in [-0.1, -0.05) is 12.5 Å². The third kappa shape index (κ3) is 2.33. The van der Waals surface area contributed by atoms with Crippen molar-refractivity contribution in [3.63, 3.8) is 0 Å². The highest BCUT2D eigenvalue weighted by Gasteiger charge is 2.46. The zero-order valence-electron chi connectivity index (χ0n) is 12.0. The summed E-state index contributed by atoms with van der Waals surface area (Å²) in [4.78, 5) is 18.7. The number of hydrogen-bond donors (Lipinski definition) is 0. The van der Waals surface area contributed by atoms with Crippen LogP contribution in [0.5, 0.6) is 0 Å². The summed E-state index contributed by atoms with van der Waals surface area (Å²) in [5.74, 6) is 0.0615. The number of methoxy groups -OCH3 is 1. The number of pyridine rings is 1. The summed E-state index contributed by atoms with van der Waals surface area (Å²) in [6, 6.07) is 5.51. The molecule has 4 nitrogen and oxygen atoms in total. The summed E-state index contributed by atoms with van der Waals surface area (Å²) in [6.07, 6.45) is 7.75. The molecule has 2 fully saturated rings. The Morgan fingerprint density at radius 2 is 2.25 bits per heavy atom. The van der Waals surface area contributed by atoms with Crippen LogP contribution in [0.1, 0.15) is 42.6 Å². The first kappa shape index (κ1) is 13.6. The number of hydrogen-bond acceptors (Lipinski definition) is 3. The van der Waals surface area contributed by atoms with Gasteiger partial charge in [0.05, 0.1) is 6.10 Å². The summed E-state index contributed by atoms with van der Waals surface area (Å²) < 4.78 is 5.68. The fourth-order valence-electron chi connectivity index (χ4n) is 3.93. The number of ether oxygens (including phenoxy) is 1. The first-order valence-corrected chi connectivity index (χ1v) is 7.48. The topological polar surface area (TPSA) is 42.4 Å². The van der Waals surface area contributed by atoms with E-state index in [9.17, 15) is 4.79 Å². The van der Waals surface area contributed by atoms with Gasteiger partial charge in [-0.3, -0.25) is 9.78 Å². The van der Waals surface area contributed by atoms with E-state index in [1.54, 1.807) is 19.4 Å². The normalized spacial score (nSPS) is 29.9. The quantitative estimate of drug-likeness (QED) is 0.832. The van der Waals surface area contributed by atoms with E-state index in [0.29, 0.717) is 11.8 Å². The number of amides is 1. The molecule has 3 rings (SSSR count). The Morgan fingerprint density at radius 1 is 1.40 bits per heavy atom. The highest BCUT2D eigenvalue weighted by Crippen LogP contribution is 2.46. The molecule has 0 N–H and O–H groups in total. The maximum absolute atomic E-state index is 12.6. The van der Waals surface area contributed by atoms with Gasteiger partial charge >= 0.3 is 0 Å². The van der Waals surface area contributed by atoms with Crippen molar-refractivity contribution < 1.29 is 9.53 Å². The van der Waals surface area contributed by atoms with Gasteiger partial charge in [0, 0.05) is 31.8 Å². The number of piperidine rings is 1. The zero-order chi connectivity index (χ0) is 14.0. The van der Waals surface area contributed by atoms with Crippen molar-refractivity contribution in [1.29, 1.82) is 0 Å². The second-order valence-corrected chi connectivity index (χ2v) is 6.02. The third-order valence-corrected chi connectivity index (χ3v) is 4.89. The van der Waals surface area contributed by atoms with Crippen LogP contribution >= 0.6 is 0 Å². The first-order chi connectivity index (χ1) is 9.75. The van der Waals surface area contributed by atoms with Crippen LogP contribution in [0, 0.1) is 5.41 Å². The molecule has 0 radical (unpaired) electrons. The van der Waals surface area contributed by atoms with E-state index in [0.717, 1.165) is 25.9 Å². The fourth-order valence-corrected chi connectivity index (χ4v) is 3.93. The van der Waals surface area contributed by atoms with Gasteiger partial charge in [0.1, 0.15) is 5.69 Å². The van der Waals surface area contributed by atoms with Crippen LogP contribution in [0.25, 0.3) is 0 Å². The lowest BCUT2D eigenvalue weighted by molar-refractivity contribution is -0.0296. The maximum Gasteiger partial charge on any atom is 0.272 e. The summed E-state index contributed by atoms with van der Waals surface area (Å²) in [5, 5.41) is 0. The molecule has 1 amide bonds. The molecule has 1 aromatic rings. The van der Waals surface area contributed by atoms with Crippen LogP contribution in [-0.2, 0) is 4.74 Å². The Morgan fingerprint density at radius 3 is 3.00 bits per heavy atom. The van der Waals surface area contributed by atoms with Crippen molar-refractivity contribution in [2.45, 2.75) is 38.2 Å². The van der Waals surface area contributed by atoms with Crippen LogP contribution in [0.15, 0.2) is 24.4 Å². The van der Waals surface area contributed by atoms with Crippen molar-refractivity contribution >= 4 is 5.91 Å². The minimum atomic E-state index is 0.0615. The van der Waals surface area contributed by atoms with Crippen LogP contribution in [0.4, 0.5) is 0 Å². The molecule has 1 saturated heterocycles.